The molecular formula is C68H123N11O15. The van der Waals surface area contributed by atoms with E-state index in [1.54, 1.807) is 34.6 Å². The second-order valence-electron chi connectivity index (χ2n) is 29.6. The van der Waals surface area contributed by atoms with Crippen molar-refractivity contribution in [2.45, 2.75) is 254 Å². The molecule has 0 spiro atoms. The minimum Gasteiger partial charge on any atom is -0.450 e. The highest BCUT2D eigenvalue weighted by molar-refractivity contribution is 5.99. The summed E-state index contributed by atoms with van der Waals surface area (Å²) in [6, 6.07) is -12.5. The van der Waals surface area contributed by atoms with Crippen molar-refractivity contribution in [3.63, 3.8) is 0 Å². The molecule has 0 radical (unpaired) electrons. The third-order valence-corrected chi connectivity index (χ3v) is 18.1. The van der Waals surface area contributed by atoms with Crippen molar-refractivity contribution in [1.82, 2.24) is 55.6 Å². The maximum absolute atomic E-state index is 15.4. The number of ether oxygens (including phenoxy) is 1. The molecule has 94 heavy (non-hydrogen) atoms. The molecule has 2 aliphatic heterocycles. The zero-order valence-electron chi connectivity index (χ0n) is 61.2. The summed E-state index contributed by atoms with van der Waals surface area (Å²) < 4.78 is 5.91. The molecule has 14 atom stereocenters. The van der Waals surface area contributed by atoms with Crippen LogP contribution < -0.4 is 21.3 Å². The number of amides is 10. The molecule has 2 heterocycles. The highest BCUT2D eigenvalue weighted by Gasteiger charge is 2.46. The van der Waals surface area contributed by atoms with Crippen LogP contribution in [-0.4, -0.2) is 262 Å². The van der Waals surface area contributed by atoms with Crippen molar-refractivity contribution >= 4 is 65.0 Å². The van der Waals surface area contributed by atoms with Crippen LogP contribution in [0.2, 0.25) is 0 Å². The summed E-state index contributed by atoms with van der Waals surface area (Å²) in [6.45, 7) is 29.8. The van der Waals surface area contributed by atoms with E-state index >= 15 is 14.4 Å². The molecule has 26 heteroatoms. The second kappa shape index (κ2) is 38.7. The van der Waals surface area contributed by atoms with Crippen LogP contribution in [0.5, 0.6) is 0 Å². The maximum Gasteiger partial charge on any atom is 0.329 e. The number of hydrogen-bond acceptors (Lipinski definition) is 16. The Bertz CT molecular complexity index is 2530. The van der Waals surface area contributed by atoms with E-state index in [-0.39, 0.29) is 74.3 Å². The number of carbonyl (C=O) groups is 11. The fourth-order valence-corrected chi connectivity index (χ4v) is 12.4. The van der Waals surface area contributed by atoms with Gasteiger partial charge in [-0.05, 0) is 126 Å². The molecule has 0 aromatic heterocycles. The summed E-state index contributed by atoms with van der Waals surface area (Å²) in [5, 5.41) is 45.1. The molecule has 2 rings (SSSR count). The SMILES string of the molecule is CC(C)C[C@@H]1C(=O)N[C@H](CC(C)C)C(=O)N(C)[C@H](C(C)C)C(=O)N(C)[C@H]([C@H](O)[C@H](C)CCN2CCCCC2CO)C(=O)N[C@H]([C@@H](C)O)C(=O)N(C)CC(=O)N(C)[C@@H](CC(C)C)C(=O)N[C@H](CC(C)C)C(=O)N(C)[C@H](CC(C)C)C(=O)N[C@H](C)C(=O)O[C@@H](C(C)C)C(=O)N1C. The molecule has 2 saturated heterocycles. The molecule has 26 nitrogen and oxygen atoms in total. The Kier molecular flexibility index (Phi) is 34.6. The second-order valence-corrected chi connectivity index (χ2v) is 29.6. The molecular weight excluding hydrogens is 1210 g/mol. The van der Waals surface area contributed by atoms with E-state index < -0.39 is 162 Å². The highest BCUT2D eigenvalue weighted by atomic mass is 16.6. The third kappa shape index (κ3) is 24.3. The van der Waals surface area contributed by atoms with Crippen molar-refractivity contribution in [1.29, 1.82) is 0 Å². The Morgan fingerprint density at radius 2 is 0.926 bits per heavy atom. The predicted molar refractivity (Wildman–Crippen MR) is 358 cm³/mol. The first kappa shape index (κ1) is 84.1. The molecule has 0 aliphatic carbocycles. The van der Waals surface area contributed by atoms with E-state index in [0.29, 0.717) is 19.5 Å². The summed E-state index contributed by atoms with van der Waals surface area (Å²) in [4.78, 5) is 171. The molecule has 540 valence electrons. The van der Waals surface area contributed by atoms with Crippen LogP contribution in [0.3, 0.4) is 0 Å². The number of carbonyl (C=O) groups excluding carboxylic acids is 11. The number of aliphatic hydroxyl groups is 3. The van der Waals surface area contributed by atoms with Gasteiger partial charge in [0, 0.05) is 48.3 Å². The molecule has 0 bridgehead atoms. The zero-order valence-corrected chi connectivity index (χ0v) is 61.2. The van der Waals surface area contributed by atoms with Gasteiger partial charge in [-0.2, -0.15) is 0 Å². The topological polar surface area (TPSA) is 328 Å². The number of piperidine rings is 1. The number of hydrogen-bond donors (Lipinski definition) is 7. The van der Waals surface area contributed by atoms with Crippen LogP contribution in [0.15, 0.2) is 0 Å². The van der Waals surface area contributed by atoms with Gasteiger partial charge in [-0.1, -0.05) is 110 Å². The monoisotopic (exact) mass is 1330 g/mol. The fourth-order valence-electron chi connectivity index (χ4n) is 12.4. The number of esters is 1. The van der Waals surface area contributed by atoms with Gasteiger partial charge >= 0.3 is 5.97 Å². The number of nitrogens with one attached hydrogen (secondary N) is 4. The first-order chi connectivity index (χ1) is 43.5. The van der Waals surface area contributed by atoms with Crippen LogP contribution in [0.25, 0.3) is 0 Å². The van der Waals surface area contributed by atoms with Crippen LogP contribution in [0.4, 0.5) is 0 Å². The van der Waals surface area contributed by atoms with E-state index in [0.717, 1.165) is 34.0 Å². The van der Waals surface area contributed by atoms with Gasteiger partial charge in [-0.15, -0.1) is 0 Å². The Balaban J connectivity index is 3.04. The lowest BCUT2D eigenvalue weighted by Crippen LogP contribution is -2.64. The van der Waals surface area contributed by atoms with E-state index in [9.17, 15) is 53.7 Å². The molecule has 2 aliphatic rings. The van der Waals surface area contributed by atoms with Gasteiger partial charge in [0.25, 0.3) is 5.91 Å². The van der Waals surface area contributed by atoms with Gasteiger partial charge in [0.1, 0.15) is 54.4 Å². The van der Waals surface area contributed by atoms with Crippen molar-refractivity contribution in [3.8, 4) is 0 Å². The Morgan fingerprint density at radius 3 is 1.36 bits per heavy atom. The number of nitrogens with zero attached hydrogens (tertiary/aromatic N) is 7. The van der Waals surface area contributed by atoms with Gasteiger partial charge < -0.3 is 70.7 Å². The quantitative estimate of drug-likeness (QED) is 0.0914. The number of aliphatic hydroxyl groups excluding tert-OH is 3. The van der Waals surface area contributed by atoms with Crippen LogP contribution >= 0.6 is 0 Å². The van der Waals surface area contributed by atoms with Gasteiger partial charge in [0.05, 0.1) is 25.4 Å². The molecule has 0 aromatic carbocycles. The highest BCUT2D eigenvalue weighted by Crippen LogP contribution is 2.26. The lowest BCUT2D eigenvalue weighted by molar-refractivity contribution is -0.166. The first-order valence-electron chi connectivity index (χ1n) is 34.2. The Morgan fingerprint density at radius 1 is 0.489 bits per heavy atom. The lowest BCUT2D eigenvalue weighted by atomic mass is 9.90. The predicted octanol–water partition coefficient (Wildman–Crippen LogP) is 2.62. The first-order valence-corrected chi connectivity index (χ1v) is 34.2. The summed E-state index contributed by atoms with van der Waals surface area (Å²) in [6.07, 6.45) is -1.35. The third-order valence-electron chi connectivity index (χ3n) is 18.1. The van der Waals surface area contributed by atoms with Crippen LogP contribution in [0.1, 0.15) is 175 Å². The van der Waals surface area contributed by atoms with Crippen LogP contribution in [0, 0.1) is 47.3 Å². The minimum atomic E-state index is -1.78. The average molecular weight is 1330 g/mol. The largest absolute Gasteiger partial charge is 0.450 e. The molecule has 0 aromatic rings. The molecule has 1 unspecified atom stereocenters. The summed E-state index contributed by atoms with van der Waals surface area (Å²) in [7, 11) is 8.14. The fraction of sp³-hybridized carbons (Fsp3) is 0.838. The molecule has 0 saturated carbocycles. The maximum atomic E-state index is 15.4. The summed E-state index contributed by atoms with van der Waals surface area (Å²) in [5.74, 6) is -11.7. The zero-order chi connectivity index (χ0) is 72.2. The van der Waals surface area contributed by atoms with Crippen molar-refractivity contribution in [2.75, 3.05) is 68.5 Å². The average Bonchev–Trinajstić information content (AvgIpc) is 0.855. The van der Waals surface area contributed by atoms with Crippen molar-refractivity contribution in [2.24, 2.45) is 47.3 Å². The summed E-state index contributed by atoms with van der Waals surface area (Å²) >= 11 is 0. The molecule has 7 N–H and O–H groups in total. The number of cyclic esters (lactones) is 1. The van der Waals surface area contributed by atoms with Gasteiger partial charge in [0.2, 0.25) is 53.2 Å². The molecule has 2 fully saturated rings. The Hall–Kier alpha value is -5.99. The van der Waals surface area contributed by atoms with E-state index in [2.05, 4.69) is 26.2 Å². The Labute approximate surface area is 561 Å². The lowest BCUT2D eigenvalue weighted by Gasteiger charge is -2.41. The van der Waals surface area contributed by atoms with Gasteiger partial charge in [-0.3, -0.25) is 52.8 Å². The smallest absolute Gasteiger partial charge is 0.329 e. The molecule has 10 amide bonds. The van der Waals surface area contributed by atoms with E-state index in [1.165, 1.54) is 70.8 Å². The summed E-state index contributed by atoms with van der Waals surface area (Å²) in [5.41, 5.74) is 0. The number of rotatable bonds is 19. The van der Waals surface area contributed by atoms with Crippen molar-refractivity contribution < 1.29 is 72.8 Å². The van der Waals surface area contributed by atoms with Gasteiger partial charge in [0.15, 0.2) is 6.10 Å². The van der Waals surface area contributed by atoms with Crippen molar-refractivity contribution in [3.05, 3.63) is 0 Å². The minimum absolute atomic E-state index is 0.0697. The normalized spacial score (nSPS) is 27.7. The van der Waals surface area contributed by atoms with E-state index in [1.807, 2.05) is 69.2 Å². The standard InChI is InChI=1S/C68H123N11O15/c1-37(2)30-48-63(88)75(20)51(33-40(7)8)59(84)69-45(16)68(93)94-58(43(13)14)67(92)76(21)52(34-41(9)10)61(86)71-49(31-38(3)4)64(89)77(22)55(42(11)12)66(91)78(23)56(57(83)44(15)27-29-79-28-25-24-26-47(79)36-80)62(87)72-54(46(17)81)65(90)73(18)35-53(82)74(19)50(32-39(5)6)60(85)70-48/h37-52,54-58,80-81,83H,24-36H2,1-23H3,(H,69,84)(H,70,85)(H,71,86)(H,72,87)/t44-,45-,46-,47?,48-,49-,50+,51-,52-,54-,55-,56-,57-,58+/m1/s1. The number of likely N-dealkylation sites (tertiary alicyclic amines) is 1. The van der Waals surface area contributed by atoms with E-state index in [4.69, 9.17) is 4.74 Å². The van der Waals surface area contributed by atoms with Crippen LogP contribution in [-0.2, 0) is 57.5 Å². The number of likely N-dealkylation sites (N-methyl/N-ethyl adjacent to an activating group) is 6. The van der Waals surface area contributed by atoms with Gasteiger partial charge in [-0.25, -0.2) is 4.79 Å².